The van der Waals surface area contributed by atoms with Gasteiger partial charge in [0.15, 0.2) is 9.84 Å². The van der Waals surface area contributed by atoms with E-state index >= 15 is 0 Å². The maximum Gasteiger partial charge on any atom is 0.179 e. The standard InChI is InChI=1S/C17H20N4O2S/c1-21-9-7-20-17(21)16(14-5-6-14)19-8-10-24(22,23)15-4-2-3-13(11-15)12-18/h2-4,7,9,11,14,16,19H,5-6,8,10H2,1H3. The van der Waals surface area contributed by atoms with Crippen LogP contribution < -0.4 is 5.32 Å². The normalized spacial score (nSPS) is 15.8. The van der Waals surface area contributed by atoms with E-state index < -0.39 is 9.84 Å². The number of aromatic nitrogens is 2. The third kappa shape index (κ3) is 3.66. The molecule has 1 N–H and O–H groups in total. The van der Waals surface area contributed by atoms with Crippen molar-refractivity contribution in [1.82, 2.24) is 14.9 Å². The molecule has 126 valence electrons. The van der Waals surface area contributed by atoms with E-state index in [1.54, 1.807) is 18.3 Å². The molecule has 0 amide bonds. The molecule has 7 heteroatoms. The Balaban J connectivity index is 1.66. The van der Waals surface area contributed by atoms with E-state index in [0.717, 1.165) is 18.7 Å². The Morgan fingerprint density at radius 1 is 1.46 bits per heavy atom. The highest BCUT2D eigenvalue weighted by molar-refractivity contribution is 7.91. The molecule has 1 aromatic heterocycles. The summed E-state index contributed by atoms with van der Waals surface area (Å²) in [6, 6.07) is 8.21. The van der Waals surface area contributed by atoms with Crippen LogP contribution in [0.2, 0.25) is 0 Å². The number of nitrogens with zero attached hydrogens (tertiary/aromatic N) is 3. The number of sulfone groups is 1. The van der Waals surface area contributed by atoms with Gasteiger partial charge in [-0.25, -0.2) is 13.4 Å². The van der Waals surface area contributed by atoms with E-state index in [4.69, 9.17) is 5.26 Å². The van der Waals surface area contributed by atoms with Crippen LogP contribution in [0, 0.1) is 17.2 Å². The summed E-state index contributed by atoms with van der Waals surface area (Å²) in [5, 5.41) is 12.3. The number of nitriles is 1. The largest absolute Gasteiger partial charge is 0.337 e. The highest BCUT2D eigenvalue weighted by Gasteiger charge is 2.34. The lowest BCUT2D eigenvalue weighted by molar-refractivity contribution is 0.458. The van der Waals surface area contributed by atoms with Crippen molar-refractivity contribution in [3.05, 3.63) is 48.0 Å². The Hall–Kier alpha value is -2.17. The Kier molecular flexibility index (Phi) is 4.69. The summed E-state index contributed by atoms with van der Waals surface area (Å²) < 4.78 is 26.9. The number of rotatable bonds is 7. The number of benzene rings is 1. The average Bonchev–Trinajstić information content (AvgIpc) is 3.33. The zero-order valence-corrected chi connectivity index (χ0v) is 14.3. The lowest BCUT2D eigenvalue weighted by Gasteiger charge is -2.18. The van der Waals surface area contributed by atoms with Gasteiger partial charge in [-0.1, -0.05) is 6.07 Å². The monoisotopic (exact) mass is 344 g/mol. The van der Waals surface area contributed by atoms with Gasteiger partial charge in [-0.05, 0) is 37.0 Å². The lowest BCUT2D eigenvalue weighted by atomic mass is 10.1. The van der Waals surface area contributed by atoms with Crippen molar-refractivity contribution in [3.63, 3.8) is 0 Å². The van der Waals surface area contributed by atoms with Crippen molar-refractivity contribution >= 4 is 9.84 Å². The fraction of sp³-hybridized carbons (Fsp3) is 0.412. The van der Waals surface area contributed by atoms with Crippen LogP contribution in [0.25, 0.3) is 0 Å². The van der Waals surface area contributed by atoms with Crippen LogP contribution in [0.3, 0.4) is 0 Å². The molecule has 1 aromatic carbocycles. The molecule has 6 nitrogen and oxygen atoms in total. The first-order valence-corrected chi connectivity index (χ1v) is 9.60. The summed E-state index contributed by atoms with van der Waals surface area (Å²) in [5.74, 6) is 1.47. The third-order valence-corrected chi connectivity index (χ3v) is 6.00. The second-order valence-electron chi connectivity index (χ2n) is 6.12. The van der Waals surface area contributed by atoms with Gasteiger partial charge in [-0.15, -0.1) is 0 Å². The summed E-state index contributed by atoms with van der Waals surface area (Å²) in [6.07, 6.45) is 5.94. The van der Waals surface area contributed by atoms with E-state index in [9.17, 15) is 8.42 Å². The van der Waals surface area contributed by atoms with Crippen molar-refractivity contribution in [2.45, 2.75) is 23.8 Å². The number of aryl methyl sites for hydroxylation is 1. The highest BCUT2D eigenvalue weighted by Crippen LogP contribution is 2.40. The Bertz CT molecular complexity index is 863. The molecule has 0 spiro atoms. The molecule has 1 saturated carbocycles. The van der Waals surface area contributed by atoms with Gasteiger partial charge in [0, 0.05) is 26.0 Å². The smallest absolute Gasteiger partial charge is 0.179 e. The Morgan fingerprint density at radius 2 is 2.25 bits per heavy atom. The molecule has 1 aliphatic rings. The van der Waals surface area contributed by atoms with Gasteiger partial charge in [0.2, 0.25) is 0 Å². The molecule has 0 saturated heterocycles. The van der Waals surface area contributed by atoms with Crippen molar-refractivity contribution in [1.29, 1.82) is 5.26 Å². The number of imidazole rings is 1. The molecule has 24 heavy (non-hydrogen) atoms. The molecule has 1 aliphatic carbocycles. The van der Waals surface area contributed by atoms with Crippen LogP contribution in [0.4, 0.5) is 0 Å². The van der Waals surface area contributed by atoms with Gasteiger partial charge in [0.05, 0.1) is 28.3 Å². The molecule has 0 aliphatic heterocycles. The third-order valence-electron chi connectivity index (χ3n) is 4.29. The fourth-order valence-corrected chi connectivity index (χ4v) is 4.02. The summed E-state index contributed by atoms with van der Waals surface area (Å²) in [7, 11) is -1.47. The first-order valence-electron chi connectivity index (χ1n) is 7.95. The topological polar surface area (TPSA) is 87.8 Å². The molecule has 1 atom stereocenters. The number of nitrogens with one attached hydrogen (secondary N) is 1. The van der Waals surface area contributed by atoms with Gasteiger partial charge in [0.25, 0.3) is 0 Å². The lowest BCUT2D eigenvalue weighted by Crippen LogP contribution is -2.30. The summed E-state index contributed by atoms with van der Waals surface area (Å²) in [4.78, 5) is 4.59. The minimum Gasteiger partial charge on any atom is -0.337 e. The van der Waals surface area contributed by atoms with Crippen molar-refractivity contribution in [3.8, 4) is 6.07 Å². The molecule has 3 rings (SSSR count). The summed E-state index contributed by atoms with van der Waals surface area (Å²) in [5.41, 5.74) is 0.355. The summed E-state index contributed by atoms with van der Waals surface area (Å²) in [6.45, 7) is 0.354. The number of hydrogen-bond donors (Lipinski definition) is 1. The van der Waals surface area contributed by atoms with E-state index in [1.165, 1.54) is 12.1 Å². The van der Waals surface area contributed by atoms with E-state index in [2.05, 4.69) is 10.3 Å². The van der Waals surface area contributed by atoms with Gasteiger partial charge in [-0.2, -0.15) is 5.26 Å². The number of hydrogen-bond acceptors (Lipinski definition) is 5. The Labute approximate surface area is 142 Å². The summed E-state index contributed by atoms with van der Waals surface area (Å²) >= 11 is 0. The van der Waals surface area contributed by atoms with Crippen molar-refractivity contribution in [2.24, 2.45) is 13.0 Å². The van der Waals surface area contributed by atoms with Crippen molar-refractivity contribution < 1.29 is 8.42 Å². The van der Waals surface area contributed by atoms with Gasteiger partial charge < -0.3 is 9.88 Å². The SMILES string of the molecule is Cn1ccnc1C(NCCS(=O)(=O)c1cccc(C#N)c1)C1CC1. The van der Waals surface area contributed by atoms with Crippen LogP contribution in [0.5, 0.6) is 0 Å². The quantitative estimate of drug-likeness (QED) is 0.827. The first kappa shape index (κ1) is 16.7. The van der Waals surface area contributed by atoms with Crippen LogP contribution >= 0.6 is 0 Å². The van der Waals surface area contributed by atoms with Crippen molar-refractivity contribution in [2.75, 3.05) is 12.3 Å². The zero-order chi connectivity index (χ0) is 17.2. The highest BCUT2D eigenvalue weighted by atomic mass is 32.2. The molecule has 0 bridgehead atoms. The van der Waals surface area contributed by atoms with Gasteiger partial charge in [-0.3, -0.25) is 0 Å². The van der Waals surface area contributed by atoms with E-state index in [1.807, 2.05) is 23.9 Å². The molecule has 1 unspecified atom stereocenters. The predicted octanol–water partition coefficient (Wildman–Crippen LogP) is 1.81. The molecule has 0 radical (unpaired) electrons. The van der Waals surface area contributed by atoms with Gasteiger partial charge >= 0.3 is 0 Å². The molecule has 1 fully saturated rings. The minimum atomic E-state index is -3.41. The fourth-order valence-electron chi connectivity index (χ4n) is 2.80. The first-order chi connectivity index (χ1) is 11.5. The molecular weight excluding hydrogens is 324 g/mol. The van der Waals surface area contributed by atoms with Crippen LogP contribution in [0.15, 0.2) is 41.6 Å². The van der Waals surface area contributed by atoms with Gasteiger partial charge in [0.1, 0.15) is 5.82 Å². The maximum absolute atomic E-state index is 12.5. The molecule has 2 aromatic rings. The van der Waals surface area contributed by atoms with Crippen LogP contribution in [-0.2, 0) is 16.9 Å². The molecular formula is C17H20N4O2S. The van der Waals surface area contributed by atoms with Crippen LogP contribution in [0.1, 0.15) is 30.3 Å². The zero-order valence-electron chi connectivity index (χ0n) is 13.5. The second-order valence-corrected chi connectivity index (χ2v) is 8.23. The second kappa shape index (κ2) is 6.75. The maximum atomic E-state index is 12.5. The Morgan fingerprint density at radius 3 is 2.88 bits per heavy atom. The molecule has 1 heterocycles. The predicted molar refractivity (Wildman–Crippen MR) is 89.9 cm³/mol. The minimum absolute atomic E-state index is 0.00444. The van der Waals surface area contributed by atoms with E-state index in [0.29, 0.717) is 18.0 Å². The van der Waals surface area contributed by atoms with Crippen LogP contribution in [-0.4, -0.2) is 30.3 Å². The average molecular weight is 344 g/mol. The van der Waals surface area contributed by atoms with E-state index in [-0.39, 0.29) is 16.7 Å².